The van der Waals surface area contributed by atoms with Gasteiger partial charge in [0.15, 0.2) is 0 Å². The second-order valence-corrected chi connectivity index (χ2v) is 4.42. The van der Waals surface area contributed by atoms with E-state index in [1.165, 1.54) is 17.3 Å². The molecule has 1 aromatic heterocycles. The van der Waals surface area contributed by atoms with E-state index < -0.39 is 0 Å². The summed E-state index contributed by atoms with van der Waals surface area (Å²) < 4.78 is 0. The van der Waals surface area contributed by atoms with Crippen molar-refractivity contribution in [2.45, 2.75) is 19.9 Å². The topological polar surface area (TPSA) is 45.1 Å². The molecule has 0 radical (unpaired) electrons. The van der Waals surface area contributed by atoms with Gasteiger partial charge in [-0.05, 0) is 37.6 Å². The zero-order valence-electron chi connectivity index (χ0n) is 10.6. The van der Waals surface area contributed by atoms with E-state index >= 15 is 0 Å². The minimum atomic E-state index is 0.207. The quantitative estimate of drug-likeness (QED) is 0.791. The Morgan fingerprint density at radius 3 is 2.83 bits per heavy atom. The van der Waals surface area contributed by atoms with Crippen LogP contribution in [-0.2, 0) is 13.0 Å². The first-order valence-electron chi connectivity index (χ1n) is 6.14. The summed E-state index contributed by atoms with van der Waals surface area (Å²) in [5.74, 6) is 0.207. The maximum absolute atomic E-state index is 9.12. The van der Waals surface area contributed by atoms with Crippen LogP contribution < -0.4 is 5.32 Å². The van der Waals surface area contributed by atoms with Gasteiger partial charge in [-0.3, -0.25) is 4.98 Å². The summed E-state index contributed by atoms with van der Waals surface area (Å²) in [6.45, 7) is 3.76. The van der Waals surface area contributed by atoms with Crippen LogP contribution in [0.3, 0.4) is 0 Å². The van der Waals surface area contributed by atoms with Crippen LogP contribution in [0.1, 0.15) is 16.8 Å². The molecule has 18 heavy (non-hydrogen) atoms. The van der Waals surface area contributed by atoms with Crippen molar-refractivity contribution < 1.29 is 5.11 Å². The number of pyridine rings is 1. The van der Waals surface area contributed by atoms with Gasteiger partial charge in [0.05, 0.1) is 11.9 Å². The van der Waals surface area contributed by atoms with Gasteiger partial charge in [-0.2, -0.15) is 0 Å². The highest BCUT2D eigenvalue weighted by molar-refractivity contribution is 5.22. The van der Waals surface area contributed by atoms with Gasteiger partial charge in [0, 0.05) is 6.54 Å². The molecular weight excluding hydrogens is 224 g/mol. The van der Waals surface area contributed by atoms with Crippen LogP contribution in [0.25, 0.3) is 0 Å². The van der Waals surface area contributed by atoms with Crippen molar-refractivity contribution >= 4 is 0 Å². The third kappa shape index (κ3) is 3.86. The molecule has 1 aromatic carbocycles. The molecule has 2 aromatic rings. The second-order valence-electron chi connectivity index (χ2n) is 4.42. The fraction of sp³-hybridized carbons (Fsp3) is 0.267. The van der Waals surface area contributed by atoms with Gasteiger partial charge in [-0.1, -0.05) is 29.8 Å². The average Bonchev–Trinajstić information content (AvgIpc) is 2.37. The van der Waals surface area contributed by atoms with Gasteiger partial charge >= 0.3 is 0 Å². The molecule has 0 atom stereocenters. The van der Waals surface area contributed by atoms with Crippen LogP contribution >= 0.6 is 0 Å². The predicted octanol–water partition coefficient (Wildman–Crippen LogP) is 2.43. The predicted molar refractivity (Wildman–Crippen MR) is 72.5 cm³/mol. The molecule has 0 unspecified atom stereocenters. The van der Waals surface area contributed by atoms with Crippen LogP contribution in [0.5, 0.6) is 5.75 Å². The second kappa shape index (κ2) is 6.17. The number of aromatic nitrogens is 1. The number of aromatic hydroxyl groups is 1. The first kappa shape index (κ1) is 12.6. The molecule has 0 amide bonds. The molecule has 3 nitrogen and oxygen atoms in total. The van der Waals surface area contributed by atoms with Crippen molar-refractivity contribution in [2.75, 3.05) is 6.54 Å². The Morgan fingerprint density at radius 1 is 1.22 bits per heavy atom. The van der Waals surface area contributed by atoms with Gasteiger partial charge in [0.2, 0.25) is 0 Å². The van der Waals surface area contributed by atoms with Crippen LogP contribution in [0, 0.1) is 6.92 Å². The van der Waals surface area contributed by atoms with Gasteiger partial charge < -0.3 is 10.4 Å². The number of rotatable bonds is 5. The summed E-state index contributed by atoms with van der Waals surface area (Å²) in [5, 5.41) is 12.5. The molecule has 0 bridgehead atoms. The number of hydrogen-bond donors (Lipinski definition) is 2. The lowest BCUT2D eigenvalue weighted by atomic mass is 10.1. The largest absolute Gasteiger partial charge is 0.506 e. The lowest BCUT2D eigenvalue weighted by molar-refractivity contribution is 0.471. The highest BCUT2D eigenvalue weighted by Gasteiger charge is 1.96. The Hall–Kier alpha value is -1.87. The van der Waals surface area contributed by atoms with E-state index in [-0.39, 0.29) is 5.75 Å². The highest BCUT2D eigenvalue weighted by Crippen LogP contribution is 2.06. The van der Waals surface area contributed by atoms with E-state index in [1.54, 1.807) is 6.07 Å². The Labute approximate surface area is 108 Å². The van der Waals surface area contributed by atoms with Crippen molar-refractivity contribution in [1.82, 2.24) is 10.3 Å². The monoisotopic (exact) mass is 242 g/mol. The summed E-state index contributed by atoms with van der Waals surface area (Å²) >= 11 is 0. The van der Waals surface area contributed by atoms with Crippen molar-refractivity contribution in [2.24, 2.45) is 0 Å². The van der Waals surface area contributed by atoms with E-state index in [9.17, 15) is 0 Å². The third-order valence-electron chi connectivity index (χ3n) is 2.79. The molecule has 0 aliphatic carbocycles. The number of hydrogen-bond acceptors (Lipinski definition) is 3. The summed E-state index contributed by atoms with van der Waals surface area (Å²) in [6.07, 6.45) is 2.48. The Kier molecular flexibility index (Phi) is 4.31. The number of benzene rings is 1. The van der Waals surface area contributed by atoms with E-state index in [1.807, 2.05) is 6.07 Å². The summed E-state index contributed by atoms with van der Waals surface area (Å²) in [5.41, 5.74) is 3.59. The van der Waals surface area contributed by atoms with E-state index in [2.05, 4.69) is 41.5 Å². The standard InChI is InChI=1S/C15H18N2O/c1-12-3-2-4-13(9-12)7-8-16-10-14-5-6-15(18)11-17-14/h2-6,9,11,16,18H,7-8,10H2,1H3. The smallest absolute Gasteiger partial charge is 0.133 e. The third-order valence-corrected chi connectivity index (χ3v) is 2.79. The molecular formula is C15H18N2O. The molecule has 2 N–H and O–H groups in total. The van der Waals surface area contributed by atoms with Crippen molar-refractivity contribution in [1.29, 1.82) is 0 Å². The normalized spacial score (nSPS) is 10.5. The first-order chi connectivity index (χ1) is 8.74. The molecule has 0 aliphatic rings. The van der Waals surface area contributed by atoms with Gasteiger partial charge in [0.25, 0.3) is 0 Å². The molecule has 0 saturated carbocycles. The summed E-state index contributed by atoms with van der Waals surface area (Å²) in [6, 6.07) is 12.0. The molecule has 94 valence electrons. The molecule has 0 fully saturated rings. The maximum atomic E-state index is 9.12. The Balaban J connectivity index is 1.74. The summed E-state index contributed by atoms with van der Waals surface area (Å²) in [4.78, 5) is 4.12. The van der Waals surface area contributed by atoms with Crippen LogP contribution in [0.2, 0.25) is 0 Å². The fourth-order valence-electron chi connectivity index (χ4n) is 1.84. The fourth-order valence-corrected chi connectivity index (χ4v) is 1.84. The zero-order valence-corrected chi connectivity index (χ0v) is 10.6. The van der Waals surface area contributed by atoms with Crippen LogP contribution in [0.15, 0.2) is 42.6 Å². The van der Waals surface area contributed by atoms with Crippen molar-refractivity contribution in [3.63, 3.8) is 0 Å². The van der Waals surface area contributed by atoms with Crippen molar-refractivity contribution in [3.05, 3.63) is 59.4 Å². The highest BCUT2D eigenvalue weighted by atomic mass is 16.3. The van der Waals surface area contributed by atoms with Crippen molar-refractivity contribution in [3.8, 4) is 5.75 Å². The van der Waals surface area contributed by atoms with E-state index in [4.69, 9.17) is 5.11 Å². The lowest BCUT2D eigenvalue weighted by Crippen LogP contribution is -2.17. The number of aryl methyl sites for hydroxylation is 1. The summed E-state index contributed by atoms with van der Waals surface area (Å²) in [7, 11) is 0. The molecule has 3 heteroatoms. The van der Waals surface area contributed by atoms with E-state index in [0.717, 1.165) is 25.2 Å². The molecule has 1 heterocycles. The molecule has 0 aliphatic heterocycles. The van der Waals surface area contributed by atoms with Gasteiger partial charge in [-0.25, -0.2) is 0 Å². The maximum Gasteiger partial charge on any atom is 0.133 e. The lowest BCUT2D eigenvalue weighted by Gasteiger charge is -2.05. The molecule has 0 spiro atoms. The molecule has 0 saturated heterocycles. The van der Waals surface area contributed by atoms with E-state index in [0.29, 0.717) is 0 Å². The van der Waals surface area contributed by atoms with Gasteiger partial charge in [-0.15, -0.1) is 0 Å². The first-order valence-corrected chi connectivity index (χ1v) is 6.14. The Bertz CT molecular complexity index is 494. The van der Waals surface area contributed by atoms with Crippen LogP contribution in [0.4, 0.5) is 0 Å². The average molecular weight is 242 g/mol. The molecule has 2 rings (SSSR count). The number of nitrogens with zero attached hydrogens (tertiary/aromatic N) is 1. The SMILES string of the molecule is Cc1cccc(CCNCc2ccc(O)cn2)c1. The van der Waals surface area contributed by atoms with Gasteiger partial charge in [0.1, 0.15) is 5.75 Å². The minimum Gasteiger partial charge on any atom is -0.506 e. The van der Waals surface area contributed by atoms with Crippen LogP contribution in [-0.4, -0.2) is 16.6 Å². The number of nitrogens with one attached hydrogen (secondary N) is 1. The Morgan fingerprint density at radius 2 is 2.11 bits per heavy atom. The zero-order chi connectivity index (χ0) is 12.8. The minimum absolute atomic E-state index is 0.207.